The van der Waals surface area contributed by atoms with Crippen LogP contribution in [0.25, 0.3) is 10.8 Å². The van der Waals surface area contributed by atoms with Gasteiger partial charge in [-0.15, -0.1) is 11.3 Å². The van der Waals surface area contributed by atoms with Crippen LogP contribution in [0, 0.1) is 12.8 Å². The van der Waals surface area contributed by atoms with Crippen molar-refractivity contribution in [3.63, 3.8) is 0 Å². The van der Waals surface area contributed by atoms with E-state index in [1.54, 1.807) is 11.3 Å². The van der Waals surface area contributed by atoms with Crippen LogP contribution in [0.2, 0.25) is 0 Å². The first kappa shape index (κ1) is 11.9. The van der Waals surface area contributed by atoms with Crippen LogP contribution in [0.5, 0.6) is 0 Å². The number of thiazole rings is 1. The number of rotatable bonds is 3. The summed E-state index contributed by atoms with van der Waals surface area (Å²) >= 11 is 1.68. The normalized spacial score (nSPS) is 17.2. The molecule has 2 aromatic heterocycles. The number of furan rings is 1. The molecule has 0 aliphatic carbocycles. The van der Waals surface area contributed by atoms with Crippen molar-refractivity contribution < 1.29 is 4.42 Å². The molecule has 3 nitrogen and oxygen atoms in total. The van der Waals surface area contributed by atoms with Crippen LogP contribution in [-0.4, -0.2) is 18.1 Å². The lowest BCUT2D eigenvalue weighted by atomic mass is 9.94. The first-order valence-electron chi connectivity index (χ1n) is 6.53. The number of hydrogen-bond donors (Lipinski definition) is 1. The van der Waals surface area contributed by atoms with E-state index < -0.39 is 0 Å². The van der Waals surface area contributed by atoms with Gasteiger partial charge in [-0.1, -0.05) is 0 Å². The largest absolute Gasteiger partial charge is 0.459 e. The minimum absolute atomic E-state index is 0.791. The van der Waals surface area contributed by atoms with E-state index in [1.165, 1.54) is 18.5 Å². The van der Waals surface area contributed by atoms with Gasteiger partial charge in [-0.05, 0) is 57.3 Å². The van der Waals surface area contributed by atoms with Gasteiger partial charge >= 0.3 is 0 Å². The van der Waals surface area contributed by atoms with Gasteiger partial charge in [0.2, 0.25) is 0 Å². The van der Waals surface area contributed by atoms with E-state index in [0.717, 1.165) is 42.0 Å². The molecule has 1 saturated heterocycles. The molecule has 0 unspecified atom stereocenters. The third kappa shape index (κ3) is 2.65. The number of hydrogen-bond acceptors (Lipinski definition) is 4. The summed E-state index contributed by atoms with van der Waals surface area (Å²) in [7, 11) is 0. The SMILES string of the molecule is Cc1ccc(-c2nc(CC3CCNCC3)cs2)o1. The molecule has 0 amide bonds. The molecule has 3 heterocycles. The highest BCUT2D eigenvalue weighted by atomic mass is 32.1. The summed E-state index contributed by atoms with van der Waals surface area (Å²) in [5.74, 6) is 2.63. The fourth-order valence-corrected chi connectivity index (χ4v) is 3.24. The molecule has 96 valence electrons. The highest BCUT2D eigenvalue weighted by Gasteiger charge is 2.16. The number of aryl methyl sites for hydroxylation is 1. The molecule has 0 atom stereocenters. The van der Waals surface area contributed by atoms with Gasteiger partial charge in [0.15, 0.2) is 10.8 Å². The van der Waals surface area contributed by atoms with Crippen LogP contribution in [0.3, 0.4) is 0 Å². The second kappa shape index (κ2) is 5.24. The molecule has 1 aliphatic heterocycles. The van der Waals surface area contributed by atoms with Gasteiger partial charge in [-0.25, -0.2) is 4.98 Å². The summed E-state index contributed by atoms with van der Waals surface area (Å²) < 4.78 is 5.61. The van der Waals surface area contributed by atoms with Crippen molar-refractivity contribution in [3.05, 3.63) is 29.0 Å². The van der Waals surface area contributed by atoms with Gasteiger partial charge in [0.25, 0.3) is 0 Å². The summed E-state index contributed by atoms with van der Waals surface area (Å²) in [6, 6.07) is 3.99. The fraction of sp³-hybridized carbons (Fsp3) is 0.500. The lowest BCUT2D eigenvalue weighted by Gasteiger charge is -2.21. The van der Waals surface area contributed by atoms with Gasteiger partial charge in [0.1, 0.15) is 5.76 Å². The predicted molar refractivity (Wildman–Crippen MR) is 73.9 cm³/mol. The maximum absolute atomic E-state index is 5.61. The Kier molecular flexibility index (Phi) is 3.48. The Balaban J connectivity index is 1.69. The molecule has 1 N–H and O–H groups in total. The van der Waals surface area contributed by atoms with Crippen molar-refractivity contribution >= 4 is 11.3 Å². The van der Waals surface area contributed by atoms with Gasteiger partial charge in [0.05, 0.1) is 5.69 Å². The third-order valence-corrected chi connectivity index (χ3v) is 4.37. The van der Waals surface area contributed by atoms with Crippen LogP contribution >= 0.6 is 11.3 Å². The van der Waals surface area contributed by atoms with Gasteiger partial charge in [-0.2, -0.15) is 0 Å². The average molecular weight is 262 g/mol. The molecule has 18 heavy (non-hydrogen) atoms. The van der Waals surface area contributed by atoms with Gasteiger partial charge < -0.3 is 9.73 Å². The van der Waals surface area contributed by atoms with Crippen LogP contribution in [-0.2, 0) is 6.42 Å². The van der Waals surface area contributed by atoms with Crippen molar-refractivity contribution in [1.29, 1.82) is 0 Å². The minimum Gasteiger partial charge on any atom is -0.459 e. The molecule has 1 aliphatic rings. The monoisotopic (exact) mass is 262 g/mol. The summed E-state index contributed by atoms with van der Waals surface area (Å²) in [5.41, 5.74) is 1.22. The lowest BCUT2D eigenvalue weighted by Crippen LogP contribution is -2.28. The summed E-state index contributed by atoms with van der Waals surface area (Å²) in [5, 5.41) is 6.58. The molecule has 3 rings (SSSR count). The Morgan fingerprint density at radius 3 is 2.94 bits per heavy atom. The standard InChI is InChI=1S/C14H18N2OS/c1-10-2-3-13(17-10)14-16-12(9-18-14)8-11-4-6-15-7-5-11/h2-3,9,11,15H,4-8H2,1H3. The van der Waals surface area contributed by atoms with Crippen molar-refractivity contribution in [2.24, 2.45) is 5.92 Å². The quantitative estimate of drug-likeness (QED) is 0.922. The van der Waals surface area contributed by atoms with E-state index in [1.807, 2.05) is 19.1 Å². The predicted octanol–water partition coefficient (Wildman–Crippen LogP) is 3.25. The fourth-order valence-electron chi connectivity index (χ4n) is 2.44. The van der Waals surface area contributed by atoms with Crippen molar-refractivity contribution in [1.82, 2.24) is 10.3 Å². The number of nitrogens with zero attached hydrogens (tertiary/aromatic N) is 1. The average Bonchev–Trinajstić information content (AvgIpc) is 2.99. The van der Waals surface area contributed by atoms with E-state index in [0.29, 0.717) is 0 Å². The number of piperidine rings is 1. The van der Waals surface area contributed by atoms with Gasteiger partial charge in [-0.3, -0.25) is 0 Å². The third-order valence-electron chi connectivity index (χ3n) is 3.46. The van der Waals surface area contributed by atoms with E-state index in [2.05, 4.69) is 10.7 Å². The van der Waals surface area contributed by atoms with E-state index in [9.17, 15) is 0 Å². The van der Waals surface area contributed by atoms with Crippen molar-refractivity contribution in [2.45, 2.75) is 26.2 Å². The van der Waals surface area contributed by atoms with Gasteiger partial charge in [0, 0.05) is 5.38 Å². The molecule has 0 aromatic carbocycles. The Morgan fingerprint density at radius 1 is 1.39 bits per heavy atom. The molecule has 4 heteroatoms. The van der Waals surface area contributed by atoms with Crippen LogP contribution < -0.4 is 5.32 Å². The van der Waals surface area contributed by atoms with Crippen molar-refractivity contribution in [3.8, 4) is 10.8 Å². The first-order valence-corrected chi connectivity index (χ1v) is 7.41. The van der Waals surface area contributed by atoms with E-state index in [-0.39, 0.29) is 0 Å². The highest BCUT2D eigenvalue weighted by molar-refractivity contribution is 7.13. The second-order valence-electron chi connectivity index (χ2n) is 4.95. The molecule has 0 spiro atoms. The Bertz CT molecular complexity index is 511. The zero-order chi connectivity index (χ0) is 12.4. The van der Waals surface area contributed by atoms with Crippen LogP contribution in [0.15, 0.2) is 21.9 Å². The summed E-state index contributed by atoms with van der Waals surface area (Å²) in [6.45, 7) is 4.27. The van der Waals surface area contributed by atoms with Crippen LogP contribution in [0.1, 0.15) is 24.3 Å². The highest BCUT2D eigenvalue weighted by Crippen LogP contribution is 2.27. The summed E-state index contributed by atoms with van der Waals surface area (Å²) in [6.07, 6.45) is 3.65. The Hall–Kier alpha value is -1.13. The molecule has 0 bridgehead atoms. The lowest BCUT2D eigenvalue weighted by molar-refractivity contribution is 0.370. The maximum atomic E-state index is 5.61. The molecular formula is C14H18N2OS. The number of aromatic nitrogens is 1. The number of nitrogens with one attached hydrogen (secondary N) is 1. The van der Waals surface area contributed by atoms with E-state index in [4.69, 9.17) is 9.40 Å². The van der Waals surface area contributed by atoms with Crippen LogP contribution in [0.4, 0.5) is 0 Å². The topological polar surface area (TPSA) is 38.1 Å². The Labute approximate surface area is 111 Å². The first-order chi connectivity index (χ1) is 8.81. The molecule has 0 saturated carbocycles. The zero-order valence-corrected chi connectivity index (χ0v) is 11.4. The zero-order valence-electron chi connectivity index (χ0n) is 10.6. The Morgan fingerprint density at radius 2 is 2.22 bits per heavy atom. The van der Waals surface area contributed by atoms with Crippen molar-refractivity contribution in [2.75, 3.05) is 13.1 Å². The summed E-state index contributed by atoms with van der Waals surface area (Å²) in [4.78, 5) is 4.69. The molecule has 0 radical (unpaired) electrons. The van der Waals surface area contributed by atoms with E-state index >= 15 is 0 Å². The maximum Gasteiger partial charge on any atom is 0.162 e. The smallest absolute Gasteiger partial charge is 0.162 e. The molecule has 1 fully saturated rings. The molecule has 2 aromatic rings. The second-order valence-corrected chi connectivity index (χ2v) is 5.81. The molecular weight excluding hydrogens is 244 g/mol. The minimum atomic E-state index is 0.791.